The van der Waals surface area contributed by atoms with Crippen LogP contribution in [0.3, 0.4) is 0 Å². The maximum Gasteiger partial charge on any atom is 0.344 e. The van der Waals surface area contributed by atoms with Gasteiger partial charge in [-0.1, -0.05) is 41.7 Å². The number of thiazole rings is 1. The van der Waals surface area contributed by atoms with Gasteiger partial charge in [0.15, 0.2) is 11.4 Å². The highest BCUT2D eigenvalue weighted by atomic mass is 32.1. The summed E-state index contributed by atoms with van der Waals surface area (Å²) in [5, 5.41) is 0. The van der Waals surface area contributed by atoms with Crippen molar-refractivity contribution in [3.63, 3.8) is 0 Å². The number of carbonyl (C=O) groups excluding carboxylic acids is 2. The first-order valence-electron chi connectivity index (χ1n) is 13.1. The number of benzene rings is 2. The zero-order valence-corrected chi connectivity index (χ0v) is 23.9. The van der Waals surface area contributed by atoms with Gasteiger partial charge in [-0.15, -0.1) is 0 Å². The SMILES string of the molecule is CCOC(=O)COc1cccc(/C=c2\sc3n(c2=O)[C@H](c2ccccc2OC(C)C)C(C(=O)OCC)=C(C)N=3)c1. The average Bonchev–Trinajstić information content (AvgIpc) is 3.21. The number of hydrogen-bond acceptors (Lipinski definition) is 9. The summed E-state index contributed by atoms with van der Waals surface area (Å²) in [6, 6.07) is 13.6. The molecule has 1 atom stereocenters. The zero-order valence-electron chi connectivity index (χ0n) is 23.1. The molecule has 0 saturated carbocycles. The predicted octanol–water partition coefficient (Wildman–Crippen LogP) is 3.53. The van der Waals surface area contributed by atoms with Crippen LogP contribution in [0.1, 0.15) is 51.8 Å². The number of fused-ring (bicyclic) bond motifs is 1. The third-order valence-electron chi connectivity index (χ3n) is 5.91. The van der Waals surface area contributed by atoms with Crippen molar-refractivity contribution in [2.75, 3.05) is 19.8 Å². The molecule has 1 aromatic heterocycles. The largest absolute Gasteiger partial charge is 0.491 e. The maximum atomic E-state index is 13.9. The van der Waals surface area contributed by atoms with E-state index in [4.69, 9.17) is 18.9 Å². The Morgan fingerprint density at radius 3 is 2.55 bits per heavy atom. The van der Waals surface area contributed by atoms with E-state index in [1.165, 1.54) is 15.9 Å². The number of nitrogens with zero attached hydrogens (tertiary/aromatic N) is 2. The van der Waals surface area contributed by atoms with Crippen LogP contribution >= 0.6 is 11.3 Å². The second-order valence-electron chi connectivity index (χ2n) is 9.17. The minimum Gasteiger partial charge on any atom is -0.491 e. The third kappa shape index (κ3) is 6.34. The summed E-state index contributed by atoms with van der Waals surface area (Å²) in [5.74, 6) is 0.0391. The van der Waals surface area contributed by atoms with Gasteiger partial charge in [-0.25, -0.2) is 14.6 Å². The zero-order chi connectivity index (χ0) is 28.8. The quantitative estimate of drug-likeness (QED) is 0.347. The Kier molecular flexibility index (Phi) is 9.21. The van der Waals surface area contributed by atoms with Crippen LogP contribution in [-0.4, -0.2) is 42.4 Å². The fourth-order valence-corrected chi connectivity index (χ4v) is 5.39. The molecule has 0 radical (unpaired) electrons. The summed E-state index contributed by atoms with van der Waals surface area (Å²) in [7, 11) is 0. The average molecular weight is 565 g/mol. The molecule has 0 amide bonds. The molecule has 1 aliphatic rings. The van der Waals surface area contributed by atoms with Crippen molar-refractivity contribution < 1.29 is 28.5 Å². The van der Waals surface area contributed by atoms with Gasteiger partial charge in [0, 0.05) is 5.56 Å². The normalized spacial score (nSPS) is 14.9. The van der Waals surface area contributed by atoms with Crippen molar-refractivity contribution in [1.29, 1.82) is 0 Å². The number of para-hydroxylation sites is 1. The summed E-state index contributed by atoms with van der Waals surface area (Å²) >= 11 is 1.22. The second-order valence-corrected chi connectivity index (χ2v) is 10.2. The van der Waals surface area contributed by atoms with E-state index in [0.29, 0.717) is 37.7 Å². The molecule has 10 heteroatoms. The van der Waals surface area contributed by atoms with Crippen molar-refractivity contribution in [2.24, 2.45) is 4.99 Å². The monoisotopic (exact) mass is 564 g/mol. The van der Waals surface area contributed by atoms with E-state index in [1.807, 2.05) is 44.2 Å². The van der Waals surface area contributed by atoms with Gasteiger partial charge in [0.25, 0.3) is 5.56 Å². The molecule has 40 heavy (non-hydrogen) atoms. The van der Waals surface area contributed by atoms with Gasteiger partial charge in [-0.3, -0.25) is 9.36 Å². The molecule has 0 saturated heterocycles. The van der Waals surface area contributed by atoms with Crippen molar-refractivity contribution in [3.8, 4) is 11.5 Å². The smallest absolute Gasteiger partial charge is 0.344 e. The molecule has 3 aromatic rings. The Morgan fingerprint density at radius 1 is 1.07 bits per heavy atom. The lowest BCUT2D eigenvalue weighted by Gasteiger charge is -2.26. The molecular weight excluding hydrogens is 532 g/mol. The van der Waals surface area contributed by atoms with E-state index >= 15 is 0 Å². The molecule has 0 unspecified atom stereocenters. The number of ether oxygens (including phenoxy) is 4. The predicted molar refractivity (Wildman–Crippen MR) is 151 cm³/mol. The van der Waals surface area contributed by atoms with Crippen LogP contribution in [-0.2, 0) is 19.1 Å². The lowest BCUT2D eigenvalue weighted by Crippen LogP contribution is -2.40. The summed E-state index contributed by atoms with van der Waals surface area (Å²) in [4.78, 5) is 43.9. The van der Waals surface area contributed by atoms with Crippen LogP contribution in [0.2, 0.25) is 0 Å². The van der Waals surface area contributed by atoms with Crippen molar-refractivity contribution >= 4 is 29.4 Å². The van der Waals surface area contributed by atoms with Crippen molar-refractivity contribution in [2.45, 2.75) is 46.8 Å². The van der Waals surface area contributed by atoms with Crippen LogP contribution in [0.5, 0.6) is 11.5 Å². The van der Waals surface area contributed by atoms with Crippen LogP contribution in [0.4, 0.5) is 0 Å². The molecule has 2 aromatic carbocycles. The fraction of sp³-hybridized carbons (Fsp3) is 0.333. The standard InChI is InChI=1S/C30H32N2O7S/c1-6-36-25(33)17-38-21-12-10-11-20(15-21)16-24-28(34)32-27(22-13-8-9-14-23(22)39-18(3)4)26(29(35)37-7-2)19(5)31-30(32)40-24/h8-16,18,27H,6-7,17H2,1-5H3/b24-16-/t27-/m1/s1. The molecule has 0 aliphatic carbocycles. The molecule has 210 valence electrons. The van der Waals surface area contributed by atoms with Crippen LogP contribution in [0.15, 0.2) is 69.6 Å². The van der Waals surface area contributed by atoms with Gasteiger partial charge < -0.3 is 18.9 Å². The highest BCUT2D eigenvalue weighted by Gasteiger charge is 2.35. The van der Waals surface area contributed by atoms with Crippen LogP contribution in [0.25, 0.3) is 6.08 Å². The third-order valence-corrected chi connectivity index (χ3v) is 6.89. The summed E-state index contributed by atoms with van der Waals surface area (Å²) in [6.45, 7) is 9.28. The molecular formula is C30H32N2O7S. The van der Waals surface area contributed by atoms with Gasteiger partial charge in [0.05, 0.1) is 35.1 Å². The fourth-order valence-electron chi connectivity index (χ4n) is 4.34. The Balaban J connectivity index is 1.83. The first-order valence-corrected chi connectivity index (χ1v) is 13.9. The maximum absolute atomic E-state index is 13.9. The minimum atomic E-state index is -0.786. The summed E-state index contributed by atoms with van der Waals surface area (Å²) < 4.78 is 23.9. The van der Waals surface area contributed by atoms with E-state index < -0.39 is 18.0 Å². The minimum absolute atomic E-state index is 0.119. The Bertz CT molecular complexity index is 1620. The number of rotatable bonds is 10. The Hall–Kier alpha value is -4.18. The molecule has 2 heterocycles. The number of hydrogen-bond donors (Lipinski definition) is 0. The van der Waals surface area contributed by atoms with Gasteiger partial charge in [-0.05, 0) is 64.5 Å². The molecule has 9 nitrogen and oxygen atoms in total. The Morgan fingerprint density at radius 2 is 1.82 bits per heavy atom. The molecule has 1 aliphatic heterocycles. The van der Waals surface area contributed by atoms with E-state index in [0.717, 1.165) is 0 Å². The molecule has 0 N–H and O–H groups in total. The van der Waals surface area contributed by atoms with Gasteiger partial charge in [0.1, 0.15) is 17.5 Å². The number of esters is 2. The molecule has 0 fully saturated rings. The van der Waals surface area contributed by atoms with E-state index in [1.54, 1.807) is 45.0 Å². The van der Waals surface area contributed by atoms with Crippen molar-refractivity contribution in [1.82, 2.24) is 4.57 Å². The highest BCUT2D eigenvalue weighted by molar-refractivity contribution is 7.07. The van der Waals surface area contributed by atoms with Crippen molar-refractivity contribution in [3.05, 3.63) is 90.6 Å². The lowest BCUT2D eigenvalue weighted by molar-refractivity contribution is -0.145. The lowest BCUT2D eigenvalue weighted by atomic mass is 9.95. The first-order chi connectivity index (χ1) is 19.2. The first kappa shape index (κ1) is 28.8. The van der Waals surface area contributed by atoms with Gasteiger partial charge in [0.2, 0.25) is 0 Å². The number of aromatic nitrogens is 1. The highest BCUT2D eigenvalue weighted by Crippen LogP contribution is 2.36. The van der Waals surface area contributed by atoms with Crippen LogP contribution in [0, 0.1) is 0 Å². The van der Waals surface area contributed by atoms with E-state index in [-0.39, 0.29) is 37.1 Å². The van der Waals surface area contributed by atoms with E-state index in [9.17, 15) is 14.4 Å². The topological polar surface area (TPSA) is 105 Å². The second kappa shape index (κ2) is 12.8. The molecule has 0 bridgehead atoms. The van der Waals surface area contributed by atoms with Crippen LogP contribution < -0.4 is 24.4 Å². The summed E-state index contributed by atoms with van der Waals surface area (Å²) in [5.41, 5.74) is 1.82. The number of allylic oxidation sites excluding steroid dienone is 1. The number of carbonyl (C=O) groups is 2. The van der Waals surface area contributed by atoms with Gasteiger partial charge in [-0.2, -0.15) is 0 Å². The summed E-state index contributed by atoms with van der Waals surface area (Å²) in [6.07, 6.45) is 1.62. The van der Waals surface area contributed by atoms with Gasteiger partial charge >= 0.3 is 11.9 Å². The van der Waals surface area contributed by atoms with E-state index in [2.05, 4.69) is 4.99 Å². The Labute approximate surface area is 236 Å². The molecule has 0 spiro atoms. The molecule has 4 rings (SSSR count).